The lowest BCUT2D eigenvalue weighted by Gasteiger charge is -2.38. The fourth-order valence-electron chi connectivity index (χ4n) is 3.93. The first-order valence-electron chi connectivity index (χ1n) is 9.84. The molecule has 0 N–H and O–H groups in total. The summed E-state index contributed by atoms with van der Waals surface area (Å²) in [5, 5.41) is 0. The summed E-state index contributed by atoms with van der Waals surface area (Å²) in [5.74, 6) is 3.05. The summed E-state index contributed by atoms with van der Waals surface area (Å²) in [4.78, 5) is 4.99. The van der Waals surface area contributed by atoms with Gasteiger partial charge in [-0.05, 0) is 49.2 Å². The molecule has 1 aliphatic heterocycles. The first-order valence-corrected chi connectivity index (χ1v) is 9.84. The van der Waals surface area contributed by atoms with Crippen LogP contribution in [0.5, 0.6) is 23.0 Å². The van der Waals surface area contributed by atoms with Crippen LogP contribution in [-0.4, -0.2) is 57.0 Å². The van der Waals surface area contributed by atoms with Crippen LogP contribution in [-0.2, 0) is 13.1 Å². The zero-order valence-electron chi connectivity index (χ0n) is 18.3. The molecule has 0 atom stereocenters. The highest BCUT2D eigenvalue weighted by atomic mass is 16.5. The molecule has 0 spiro atoms. The van der Waals surface area contributed by atoms with Crippen LogP contribution in [0.1, 0.15) is 25.0 Å². The molecule has 1 aliphatic rings. The summed E-state index contributed by atoms with van der Waals surface area (Å²) < 4.78 is 21.6. The molecule has 6 heteroatoms. The number of ether oxygens (including phenoxy) is 4. The quantitative estimate of drug-likeness (QED) is 0.672. The van der Waals surface area contributed by atoms with Crippen molar-refractivity contribution >= 4 is 0 Å². The van der Waals surface area contributed by atoms with Crippen molar-refractivity contribution in [3.63, 3.8) is 0 Å². The minimum Gasteiger partial charge on any atom is -0.493 e. The van der Waals surface area contributed by atoms with Crippen molar-refractivity contribution in [2.75, 3.05) is 41.5 Å². The van der Waals surface area contributed by atoms with Gasteiger partial charge >= 0.3 is 0 Å². The van der Waals surface area contributed by atoms with E-state index in [2.05, 4.69) is 47.9 Å². The van der Waals surface area contributed by atoms with Crippen molar-refractivity contribution in [3.05, 3.63) is 47.5 Å². The van der Waals surface area contributed by atoms with E-state index in [4.69, 9.17) is 18.9 Å². The molecule has 29 heavy (non-hydrogen) atoms. The lowest BCUT2D eigenvalue weighted by molar-refractivity contribution is 0.0379. The minimum absolute atomic E-state index is 0.0691. The first-order chi connectivity index (χ1) is 13.9. The van der Waals surface area contributed by atoms with E-state index in [1.807, 2.05) is 12.1 Å². The summed E-state index contributed by atoms with van der Waals surface area (Å²) in [5.41, 5.74) is 2.35. The van der Waals surface area contributed by atoms with E-state index < -0.39 is 0 Å². The highest BCUT2D eigenvalue weighted by Gasteiger charge is 2.39. The van der Waals surface area contributed by atoms with Gasteiger partial charge in [0.05, 0.1) is 34.1 Å². The maximum atomic E-state index is 5.46. The average molecular weight is 401 g/mol. The zero-order chi connectivity index (χ0) is 21.0. The van der Waals surface area contributed by atoms with Gasteiger partial charge < -0.3 is 18.9 Å². The summed E-state index contributed by atoms with van der Waals surface area (Å²) in [7, 11) is 6.67. The first kappa shape index (κ1) is 21.3. The number of benzene rings is 2. The predicted octanol–water partition coefficient (Wildman–Crippen LogP) is 3.77. The van der Waals surface area contributed by atoms with E-state index in [9.17, 15) is 0 Å². The van der Waals surface area contributed by atoms with Gasteiger partial charge in [0, 0.05) is 26.2 Å². The molecule has 0 aromatic heterocycles. The fraction of sp³-hybridized carbons (Fsp3) is 0.478. The van der Waals surface area contributed by atoms with Gasteiger partial charge in [-0.2, -0.15) is 0 Å². The highest BCUT2D eigenvalue weighted by Crippen LogP contribution is 2.34. The van der Waals surface area contributed by atoms with Gasteiger partial charge in [0.25, 0.3) is 0 Å². The average Bonchev–Trinajstić information content (AvgIpc) is 3.01. The third-order valence-electron chi connectivity index (χ3n) is 5.83. The Bertz CT molecular complexity index is 770. The number of methoxy groups -OCH3 is 4. The molecule has 1 heterocycles. The van der Waals surface area contributed by atoms with Gasteiger partial charge in [0.2, 0.25) is 0 Å². The van der Waals surface area contributed by atoms with E-state index >= 15 is 0 Å². The van der Waals surface area contributed by atoms with Crippen molar-refractivity contribution in [1.29, 1.82) is 0 Å². The summed E-state index contributed by atoms with van der Waals surface area (Å²) in [6.45, 7) is 8.29. The maximum absolute atomic E-state index is 5.46. The molecule has 0 bridgehead atoms. The number of nitrogens with zero attached hydrogens (tertiary/aromatic N) is 2. The van der Waals surface area contributed by atoms with E-state index in [-0.39, 0.29) is 5.66 Å². The van der Waals surface area contributed by atoms with Crippen molar-refractivity contribution in [1.82, 2.24) is 9.80 Å². The van der Waals surface area contributed by atoms with Gasteiger partial charge in [0.15, 0.2) is 23.0 Å². The third-order valence-corrected chi connectivity index (χ3v) is 5.83. The van der Waals surface area contributed by atoms with Crippen molar-refractivity contribution < 1.29 is 18.9 Å². The lowest BCUT2D eigenvalue weighted by atomic mass is 10.1. The second-order valence-electron chi connectivity index (χ2n) is 7.72. The fourth-order valence-corrected chi connectivity index (χ4v) is 3.93. The SMILES string of the molecule is COc1ccc(CN2CCN(Cc3ccc(OC)c(OC)c3)C2(C)C)cc1OC. The normalized spacial score (nSPS) is 16.6. The molecule has 0 radical (unpaired) electrons. The smallest absolute Gasteiger partial charge is 0.161 e. The Morgan fingerprint density at radius 1 is 0.655 bits per heavy atom. The van der Waals surface area contributed by atoms with Gasteiger partial charge in [-0.3, -0.25) is 9.80 Å². The lowest BCUT2D eigenvalue weighted by Crippen LogP contribution is -2.47. The third kappa shape index (κ3) is 4.43. The Hall–Kier alpha value is -2.44. The van der Waals surface area contributed by atoms with Crippen molar-refractivity contribution in [2.24, 2.45) is 0 Å². The summed E-state index contributed by atoms with van der Waals surface area (Å²) in [6, 6.07) is 12.3. The number of rotatable bonds is 8. The standard InChI is InChI=1S/C23H32N2O4/c1-23(2)24(15-17-7-9-19(26-3)21(13-17)28-5)11-12-25(23)16-18-8-10-20(27-4)22(14-18)29-6/h7-10,13-14H,11-12,15-16H2,1-6H3. The molecule has 0 amide bonds. The topological polar surface area (TPSA) is 43.4 Å². The van der Waals surface area contributed by atoms with Gasteiger partial charge in [-0.25, -0.2) is 0 Å². The van der Waals surface area contributed by atoms with Crippen LogP contribution in [0.2, 0.25) is 0 Å². The molecule has 0 unspecified atom stereocenters. The van der Waals surface area contributed by atoms with Crippen molar-refractivity contribution in [2.45, 2.75) is 32.6 Å². The Morgan fingerprint density at radius 3 is 1.38 bits per heavy atom. The molecule has 3 rings (SSSR count). The molecule has 0 saturated carbocycles. The van der Waals surface area contributed by atoms with E-state index in [1.54, 1.807) is 28.4 Å². The van der Waals surface area contributed by atoms with Crippen LogP contribution in [0.15, 0.2) is 36.4 Å². The molecular formula is C23H32N2O4. The van der Waals surface area contributed by atoms with Crippen LogP contribution >= 0.6 is 0 Å². The summed E-state index contributed by atoms with van der Waals surface area (Å²) >= 11 is 0. The Balaban J connectivity index is 1.72. The van der Waals surface area contributed by atoms with Crippen LogP contribution in [0.4, 0.5) is 0 Å². The van der Waals surface area contributed by atoms with Crippen LogP contribution < -0.4 is 18.9 Å². The Kier molecular flexibility index (Phi) is 6.55. The van der Waals surface area contributed by atoms with Crippen LogP contribution in [0, 0.1) is 0 Å². The molecule has 158 valence electrons. The summed E-state index contributed by atoms with van der Waals surface area (Å²) in [6.07, 6.45) is 0. The second-order valence-corrected chi connectivity index (χ2v) is 7.72. The maximum Gasteiger partial charge on any atom is 0.161 e. The highest BCUT2D eigenvalue weighted by molar-refractivity contribution is 5.43. The van der Waals surface area contributed by atoms with E-state index in [0.717, 1.165) is 49.2 Å². The molecule has 6 nitrogen and oxygen atoms in total. The number of hydrogen-bond acceptors (Lipinski definition) is 6. The van der Waals surface area contributed by atoms with E-state index in [0.29, 0.717) is 0 Å². The molecular weight excluding hydrogens is 368 g/mol. The van der Waals surface area contributed by atoms with Crippen LogP contribution in [0.3, 0.4) is 0 Å². The Labute approximate surface area is 173 Å². The zero-order valence-corrected chi connectivity index (χ0v) is 18.3. The molecule has 0 aliphatic carbocycles. The largest absolute Gasteiger partial charge is 0.493 e. The predicted molar refractivity (Wildman–Crippen MR) is 114 cm³/mol. The molecule has 1 saturated heterocycles. The monoisotopic (exact) mass is 400 g/mol. The molecule has 1 fully saturated rings. The second kappa shape index (κ2) is 8.93. The van der Waals surface area contributed by atoms with Gasteiger partial charge in [-0.15, -0.1) is 0 Å². The minimum atomic E-state index is -0.0691. The Morgan fingerprint density at radius 2 is 1.03 bits per heavy atom. The van der Waals surface area contributed by atoms with Crippen molar-refractivity contribution in [3.8, 4) is 23.0 Å². The number of hydrogen-bond donors (Lipinski definition) is 0. The van der Waals surface area contributed by atoms with Gasteiger partial charge in [-0.1, -0.05) is 12.1 Å². The van der Waals surface area contributed by atoms with E-state index in [1.165, 1.54) is 11.1 Å². The van der Waals surface area contributed by atoms with Crippen LogP contribution in [0.25, 0.3) is 0 Å². The molecule has 2 aromatic rings. The molecule has 2 aromatic carbocycles. The van der Waals surface area contributed by atoms with Gasteiger partial charge in [0.1, 0.15) is 0 Å².